The topological polar surface area (TPSA) is 102 Å². The molecule has 0 spiro atoms. The number of methoxy groups -OCH3 is 1. The van der Waals surface area contributed by atoms with E-state index in [2.05, 4.69) is 0 Å². The van der Waals surface area contributed by atoms with Crippen molar-refractivity contribution in [2.24, 2.45) is 0 Å². The Kier molecular flexibility index (Phi) is 6.96. The summed E-state index contributed by atoms with van der Waals surface area (Å²) in [6.45, 7) is 3.96. The third kappa shape index (κ3) is 4.49. The van der Waals surface area contributed by atoms with Crippen LogP contribution in [-0.4, -0.2) is 29.2 Å². The molecule has 0 aliphatic heterocycles. The van der Waals surface area contributed by atoms with Crippen LogP contribution < -0.4 is 15.0 Å². The van der Waals surface area contributed by atoms with Crippen LogP contribution in [0.2, 0.25) is 0 Å². The van der Waals surface area contributed by atoms with E-state index in [1.54, 1.807) is 55.6 Å². The third-order valence-electron chi connectivity index (χ3n) is 5.10. The molecule has 3 aromatic rings. The zero-order valence-electron chi connectivity index (χ0n) is 18.2. The number of benzene rings is 2. The highest BCUT2D eigenvalue weighted by atomic mass is 16.5. The minimum absolute atomic E-state index is 0.0104. The quantitative estimate of drug-likeness (QED) is 0.543. The molecular formula is C25H24N2O5. The lowest BCUT2D eigenvalue weighted by molar-refractivity contribution is 0.103. The molecule has 0 unspecified atom stereocenters. The van der Waals surface area contributed by atoms with E-state index in [0.29, 0.717) is 23.7 Å². The number of rotatable bonds is 8. The van der Waals surface area contributed by atoms with Crippen molar-refractivity contribution < 1.29 is 19.4 Å². The van der Waals surface area contributed by atoms with Crippen LogP contribution in [0.4, 0.5) is 0 Å². The molecule has 0 amide bonds. The van der Waals surface area contributed by atoms with E-state index >= 15 is 0 Å². The summed E-state index contributed by atoms with van der Waals surface area (Å²) in [5, 5.41) is 20.5. The number of pyridine rings is 1. The Balaban J connectivity index is 2.10. The van der Waals surface area contributed by atoms with Crippen molar-refractivity contribution in [3.63, 3.8) is 0 Å². The Bertz CT molecular complexity index is 1240. The van der Waals surface area contributed by atoms with Gasteiger partial charge in [-0.25, -0.2) is 0 Å². The van der Waals surface area contributed by atoms with Gasteiger partial charge in [0.05, 0.1) is 25.8 Å². The molecule has 1 N–H and O–H groups in total. The molecule has 0 saturated carbocycles. The lowest BCUT2D eigenvalue weighted by Crippen LogP contribution is -2.27. The Hall–Kier alpha value is -4.05. The van der Waals surface area contributed by atoms with Crippen LogP contribution in [0.15, 0.2) is 53.3 Å². The van der Waals surface area contributed by atoms with Gasteiger partial charge < -0.3 is 14.6 Å². The Morgan fingerprint density at radius 2 is 1.88 bits per heavy atom. The van der Waals surface area contributed by atoms with E-state index in [4.69, 9.17) is 9.47 Å². The normalized spacial score (nSPS) is 10.4. The van der Waals surface area contributed by atoms with Gasteiger partial charge in [0.15, 0.2) is 5.78 Å². The average molecular weight is 432 g/mol. The fourth-order valence-electron chi connectivity index (χ4n) is 3.37. The largest absolute Gasteiger partial charge is 0.497 e. The van der Waals surface area contributed by atoms with Crippen LogP contribution in [0.3, 0.4) is 0 Å². The van der Waals surface area contributed by atoms with Gasteiger partial charge in [-0.05, 0) is 48.7 Å². The number of aromatic hydroxyl groups is 1. The molecule has 3 rings (SSSR count). The minimum Gasteiger partial charge on any atom is -0.497 e. The maximum Gasteiger partial charge on any atom is 0.271 e. The Morgan fingerprint density at radius 3 is 2.50 bits per heavy atom. The summed E-state index contributed by atoms with van der Waals surface area (Å²) >= 11 is 0. The van der Waals surface area contributed by atoms with Crippen molar-refractivity contribution in [2.45, 2.75) is 26.8 Å². The maximum atomic E-state index is 13.3. The molecule has 0 aliphatic rings. The molecule has 0 radical (unpaired) electrons. The van der Waals surface area contributed by atoms with Crippen LogP contribution in [0.1, 0.15) is 46.0 Å². The van der Waals surface area contributed by atoms with Crippen LogP contribution in [0, 0.1) is 18.3 Å². The van der Waals surface area contributed by atoms with Crippen LogP contribution in [-0.2, 0) is 6.54 Å². The number of nitrogens with zero attached hydrogens (tertiary/aromatic N) is 2. The molecule has 0 aliphatic carbocycles. The highest BCUT2D eigenvalue weighted by molar-refractivity contribution is 6.11. The van der Waals surface area contributed by atoms with Crippen molar-refractivity contribution in [3.05, 3.63) is 86.7 Å². The Labute approximate surface area is 186 Å². The number of nitriles is 1. The molecule has 0 saturated heterocycles. The zero-order chi connectivity index (χ0) is 23.3. The monoisotopic (exact) mass is 432 g/mol. The smallest absolute Gasteiger partial charge is 0.271 e. The number of carbonyl (C=O) groups is 1. The van der Waals surface area contributed by atoms with Gasteiger partial charge in [0.1, 0.15) is 23.1 Å². The van der Waals surface area contributed by atoms with Crippen LogP contribution in [0.5, 0.6) is 17.4 Å². The molecule has 0 bridgehead atoms. The Morgan fingerprint density at radius 1 is 1.16 bits per heavy atom. The first-order chi connectivity index (χ1) is 15.4. The summed E-state index contributed by atoms with van der Waals surface area (Å²) in [6, 6.07) is 15.4. The summed E-state index contributed by atoms with van der Waals surface area (Å²) < 4.78 is 11.8. The summed E-state index contributed by atoms with van der Waals surface area (Å²) in [4.78, 5) is 26.2. The van der Waals surface area contributed by atoms with Crippen molar-refractivity contribution in [3.8, 4) is 23.4 Å². The van der Waals surface area contributed by atoms with Crippen molar-refractivity contribution in [1.29, 1.82) is 5.26 Å². The highest BCUT2D eigenvalue weighted by Crippen LogP contribution is 2.27. The van der Waals surface area contributed by atoms with Gasteiger partial charge in [-0.3, -0.25) is 14.2 Å². The summed E-state index contributed by atoms with van der Waals surface area (Å²) in [5.74, 6) is 0.198. The first kappa shape index (κ1) is 22.6. The number of hydrogen-bond donors (Lipinski definition) is 1. The van der Waals surface area contributed by atoms with Gasteiger partial charge in [0.2, 0.25) is 5.88 Å². The van der Waals surface area contributed by atoms with Gasteiger partial charge in [0, 0.05) is 5.56 Å². The SMILES string of the molecule is CCCOc1cccc(C(=O)c2c(C)c(C#N)c(=O)n(Cc3ccc(OC)cc3)c2O)c1. The predicted octanol–water partition coefficient (Wildman–Crippen LogP) is 3.81. The zero-order valence-corrected chi connectivity index (χ0v) is 18.2. The molecule has 7 heteroatoms. The molecule has 32 heavy (non-hydrogen) atoms. The van der Waals surface area contributed by atoms with Gasteiger partial charge in [-0.2, -0.15) is 5.26 Å². The van der Waals surface area contributed by atoms with Gasteiger partial charge in [0.25, 0.3) is 5.56 Å². The molecular weight excluding hydrogens is 408 g/mol. The highest BCUT2D eigenvalue weighted by Gasteiger charge is 2.25. The number of hydrogen-bond acceptors (Lipinski definition) is 6. The van der Waals surface area contributed by atoms with Crippen molar-refractivity contribution >= 4 is 5.78 Å². The van der Waals surface area contributed by atoms with Gasteiger partial charge >= 0.3 is 0 Å². The third-order valence-corrected chi connectivity index (χ3v) is 5.10. The summed E-state index contributed by atoms with van der Waals surface area (Å²) in [6.07, 6.45) is 0.819. The first-order valence-electron chi connectivity index (χ1n) is 10.2. The molecule has 2 aromatic carbocycles. The first-order valence-corrected chi connectivity index (χ1v) is 10.2. The van der Waals surface area contributed by atoms with E-state index in [-0.39, 0.29) is 28.8 Å². The van der Waals surface area contributed by atoms with E-state index in [1.807, 2.05) is 13.0 Å². The lowest BCUT2D eigenvalue weighted by Gasteiger charge is -2.16. The molecule has 1 aromatic heterocycles. The number of carbonyl (C=O) groups excluding carboxylic acids is 1. The minimum atomic E-state index is -0.658. The molecule has 0 atom stereocenters. The maximum absolute atomic E-state index is 13.3. The number of ketones is 1. The molecule has 164 valence electrons. The lowest BCUT2D eigenvalue weighted by atomic mass is 9.97. The second-order valence-electron chi connectivity index (χ2n) is 7.26. The molecule has 1 heterocycles. The standard InChI is InChI=1S/C25H24N2O5/c1-4-12-32-20-7-5-6-18(13-20)23(28)22-16(2)21(14-26)24(29)27(25(22)30)15-17-8-10-19(31-3)11-9-17/h5-11,13,30H,4,12,15H2,1-3H3. The second-order valence-corrected chi connectivity index (χ2v) is 7.26. The van der Waals surface area contributed by atoms with Crippen molar-refractivity contribution in [1.82, 2.24) is 4.57 Å². The number of aromatic nitrogens is 1. The van der Waals surface area contributed by atoms with E-state index in [9.17, 15) is 20.0 Å². The van der Waals surface area contributed by atoms with Crippen LogP contribution in [0.25, 0.3) is 0 Å². The molecule has 0 fully saturated rings. The van der Waals surface area contributed by atoms with Crippen LogP contribution >= 0.6 is 0 Å². The second kappa shape index (κ2) is 9.84. The fraction of sp³-hybridized carbons (Fsp3) is 0.240. The average Bonchev–Trinajstić information content (AvgIpc) is 2.81. The summed E-state index contributed by atoms with van der Waals surface area (Å²) in [7, 11) is 1.55. The van der Waals surface area contributed by atoms with Gasteiger partial charge in [-0.15, -0.1) is 0 Å². The summed E-state index contributed by atoms with van der Waals surface area (Å²) in [5.41, 5.74) is 0.209. The van der Waals surface area contributed by atoms with Crippen molar-refractivity contribution in [2.75, 3.05) is 13.7 Å². The van der Waals surface area contributed by atoms with E-state index in [1.165, 1.54) is 6.92 Å². The predicted molar refractivity (Wildman–Crippen MR) is 120 cm³/mol. The van der Waals surface area contributed by atoms with Gasteiger partial charge in [-0.1, -0.05) is 31.2 Å². The van der Waals surface area contributed by atoms with E-state index < -0.39 is 17.2 Å². The fourth-order valence-corrected chi connectivity index (χ4v) is 3.37. The van der Waals surface area contributed by atoms with E-state index in [0.717, 1.165) is 11.0 Å². The molecule has 7 nitrogen and oxygen atoms in total. The number of ether oxygens (including phenoxy) is 2.